The number of aryl methyl sites for hydroxylation is 1. The van der Waals surface area contributed by atoms with Crippen LogP contribution in [-0.2, 0) is 22.5 Å². The van der Waals surface area contributed by atoms with E-state index in [1.807, 2.05) is 4.90 Å². The molecule has 7 nitrogen and oxygen atoms in total. The van der Waals surface area contributed by atoms with Gasteiger partial charge in [0.25, 0.3) is 5.56 Å². The second kappa shape index (κ2) is 9.13. The third-order valence-electron chi connectivity index (χ3n) is 4.94. The van der Waals surface area contributed by atoms with Gasteiger partial charge in [0.2, 0.25) is 11.9 Å². The van der Waals surface area contributed by atoms with Crippen LogP contribution in [0, 0.1) is 18.6 Å². The molecule has 1 aliphatic heterocycles. The molecule has 0 unspecified atom stereocenters. The molecule has 0 saturated carbocycles. The van der Waals surface area contributed by atoms with Crippen LogP contribution in [0.15, 0.2) is 23.0 Å². The third-order valence-corrected chi connectivity index (χ3v) is 4.94. The molecule has 2 aromatic rings. The zero-order chi connectivity index (χ0) is 21.0. The van der Waals surface area contributed by atoms with Gasteiger partial charge in [-0.1, -0.05) is 6.07 Å². The Kier molecular flexibility index (Phi) is 6.58. The smallest absolute Gasteiger partial charge is 0.255 e. The Morgan fingerprint density at radius 1 is 1.28 bits per heavy atom. The second-order valence-electron chi connectivity index (χ2n) is 7.05. The number of aromatic amines is 1. The van der Waals surface area contributed by atoms with Crippen molar-refractivity contribution in [2.45, 2.75) is 26.3 Å². The van der Waals surface area contributed by atoms with E-state index >= 15 is 0 Å². The van der Waals surface area contributed by atoms with Crippen LogP contribution in [0.4, 0.5) is 14.7 Å². The van der Waals surface area contributed by atoms with Crippen LogP contribution in [0.25, 0.3) is 0 Å². The van der Waals surface area contributed by atoms with E-state index in [-0.39, 0.29) is 30.9 Å². The number of ether oxygens (including phenoxy) is 1. The van der Waals surface area contributed by atoms with E-state index in [1.165, 1.54) is 11.0 Å². The molecule has 0 radical (unpaired) electrons. The highest BCUT2D eigenvalue weighted by Gasteiger charge is 2.18. The van der Waals surface area contributed by atoms with E-state index in [2.05, 4.69) is 9.97 Å². The van der Waals surface area contributed by atoms with E-state index in [1.54, 1.807) is 14.0 Å². The van der Waals surface area contributed by atoms with Crippen LogP contribution in [0.5, 0.6) is 0 Å². The largest absolute Gasteiger partial charge is 0.378 e. The monoisotopic (exact) mass is 406 g/mol. The summed E-state index contributed by atoms with van der Waals surface area (Å²) in [6.07, 6.45) is 0.362. The van der Waals surface area contributed by atoms with E-state index in [0.29, 0.717) is 49.1 Å². The first kappa shape index (κ1) is 20.9. The van der Waals surface area contributed by atoms with Gasteiger partial charge in [-0.15, -0.1) is 0 Å². The van der Waals surface area contributed by atoms with Gasteiger partial charge < -0.3 is 14.5 Å². The Morgan fingerprint density at radius 3 is 2.66 bits per heavy atom. The van der Waals surface area contributed by atoms with E-state index in [9.17, 15) is 18.4 Å². The van der Waals surface area contributed by atoms with Crippen molar-refractivity contribution in [3.63, 3.8) is 0 Å². The Morgan fingerprint density at radius 2 is 2.00 bits per heavy atom. The predicted octanol–water partition coefficient (Wildman–Crippen LogP) is 1.78. The fourth-order valence-corrected chi connectivity index (χ4v) is 3.24. The lowest BCUT2D eigenvalue weighted by Gasteiger charge is -2.27. The van der Waals surface area contributed by atoms with E-state index < -0.39 is 11.6 Å². The summed E-state index contributed by atoms with van der Waals surface area (Å²) in [7, 11) is 1.58. The molecule has 29 heavy (non-hydrogen) atoms. The van der Waals surface area contributed by atoms with Crippen molar-refractivity contribution < 1.29 is 18.3 Å². The summed E-state index contributed by atoms with van der Waals surface area (Å²) < 4.78 is 31.6. The molecule has 2 heterocycles. The minimum Gasteiger partial charge on any atom is -0.378 e. The first-order chi connectivity index (χ1) is 13.8. The molecular formula is C20H24F2N4O3. The summed E-state index contributed by atoms with van der Waals surface area (Å²) in [4.78, 5) is 35.6. The number of halogens is 2. The van der Waals surface area contributed by atoms with E-state index in [4.69, 9.17) is 4.74 Å². The Labute approximate surface area is 167 Å². The van der Waals surface area contributed by atoms with Gasteiger partial charge in [0, 0.05) is 44.4 Å². The number of anilines is 1. The van der Waals surface area contributed by atoms with Crippen LogP contribution in [0.3, 0.4) is 0 Å². The van der Waals surface area contributed by atoms with Gasteiger partial charge in [0.15, 0.2) is 11.6 Å². The van der Waals surface area contributed by atoms with E-state index in [0.717, 1.165) is 12.1 Å². The molecule has 1 amide bonds. The van der Waals surface area contributed by atoms with Gasteiger partial charge in [0.1, 0.15) is 0 Å². The van der Waals surface area contributed by atoms with Gasteiger partial charge >= 0.3 is 0 Å². The highest BCUT2D eigenvalue weighted by molar-refractivity contribution is 5.76. The number of hydrogen-bond acceptors (Lipinski definition) is 5. The fourth-order valence-electron chi connectivity index (χ4n) is 3.24. The molecule has 1 aromatic heterocycles. The zero-order valence-corrected chi connectivity index (χ0v) is 16.5. The fraction of sp³-hybridized carbons (Fsp3) is 0.450. The summed E-state index contributed by atoms with van der Waals surface area (Å²) in [5.41, 5.74) is 1.29. The summed E-state index contributed by atoms with van der Waals surface area (Å²) in [6.45, 7) is 4.40. The third kappa shape index (κ3) is 5.17. The Hall–Kier alpha value is -2.81. The molecule has 156 valence electrons. The number of carbonyl (C=O) groups excluding carboxylic acids is 1. The zero-order valence-electron chi connectivity index (χ0n) is 16.5. The number of hydrogen-bond donors (Lipinski definition) is 1. The molecule has 3 rings (SSSR count). The first-order valence-electron chi connectivity index (χ1n) is 9.45. The van der Waals surface area contributed by atoms with Gasteiger partial charge in [-0.2, -0.15) is 0 Å². The molecule has 0 aliphatic carbocycles. The summed E-state index contributed by atoms with van der Waals surface area (Å²) in [5, 5.41) is 0. The number of nitrogens with zero attached hydrogens (tertiary/aromatic N) is 3. The topological polar surface area (TPSA) is 78.5 Å². The average molecular weight is 406 g/mol. The van der Waals surface area contributed by atoms with Crippen molar-refractivity contribution in [1.82, 2.24) is 14.9 Å². The number of amides is 1. The predicted molar refractivity (Wildman–Crippen MR) is 104 cm³/mol. The van der Waals surface area contributed by atoms with Crippen LogP contribution in [-0.4, -0.2) is 54.1 Å². The van der Waals surface area contributed by atoms with Gasteiger partial charge in [-0.05, 0) is 31.0 Å². The molecule has 0 spiro atoms. The minimum absolute atomic E-state index is 0.114. The van der Waals surface area contributed by atoms with Gasteiger partial charge in [-0.3, -0.25) is 14.6 Å². The highest BCUT2D eigenvalue weighted by Crippen LogP contribution is 2.13. The van der Waals surface area contributed by atoms with Gasteiger partial charge in [0.05, 0.1) is 13.2 Å². The van der Waals surface area contributed by atoms with Crippen LogP contribution in [0.1, 0.15) is 23.2 Å². The summed E-state index contributed by atoms with van der Waals surface area (Å²) >= 11 is 0. The lowest BCUT2D eigenvalue weighted by Crippen LogP contribution is -2.38. The molecule has 0 atom stereocenters. The van der Waals surface area contributed by atoms with Crippen molar-refractivity contribution in [3.8, 4) is 0 Å². The quantitative estimate of drug-likeness (QED) is 0.791. The lowest BCUT2D eigenvalue weighted by atomic mass is 10.1. The number of morpholine rings is 1. The number of aromatic nitrogens is 2. The maximum atomic E-state index is 13.3. The number of benzene rings is 1. The number of H-pyrrole nitrogens is 1. The normalized spacial score (nSPS) is 14.1. The lowest BCUT2D eigenvalue weighted by molar-refractivity contribution is -0.130. The first-order valence-corrected chi connectivity index (χ1v) is 9.45. The minimum atomic E-state index is -0.947. The number of nitrogens with one attached hydrogen (secondary N) is 1. The van der Waals surface area contributed by atoms with Crippen molar-refractivity contribution in [2.75, 3.05) is 38.3 Å². The van der Waals surface area contributed by atoms with Crippen molar-refractivity contribution >= 4 is 11.9 Å². The van der Waals surface area contributed by atoms with Crippen molar-refractivity contribution in [2.24, 2.45) is 0 Å². The molecule has 1 saturated heterocycles. The van der Waals surface area contributed by atoms with Crippen LogP contribution in [0.2, 0.25) is 0 Å². The molecule has 9 heteroatoms. The molecule has 1 N–H and O–H groups in total. The standard InChI is InChI=1S/C20H24F2N4O3/c1-13-15(19(28)24-20(23-13)26-7-9-29-10-8-26)4-6-18(27)25(2)12-14-3-5-16(21)17(22)11-14/h3,5,11H,4,6-10,12H2,1-2H3,(H,23,24,28). The number of rotatable bonds is 6. The Bertz CT molecular complexity index is 942. The summed E-state index contributed by atoms with van der Waals surface area (Å²) in [6, 6.07) is 3.54. The maximum absolute atomic E-state index is 13.3. The average Bonchev–Trinajstić information content (AvgIpc) is 2.70. The molecule has 0 bridgehead atoms. The molecular weight excluding hydrogens is 382 g/mol. The summed E-state index contributed by atoms with van der Waals surface area (Å²) in [5.74, 6) is -1.56. The molecule has 1 fully saturated rings. The second-order valence-corrected chi connectivity index (χ2v) is 7.05. The van der Waals surface area contributed by atoms with Crippen molar-refractivity contribution in [1.29, 1.82) is 0 Å². The molecule has 1 aromatic carbocycles. The van der Waals surface area contributed by atoms with Crippen molar-refractivity contribution in [3.05, 3.63) is 57.0 Å². The van der Waals surface area contributed by atoms with Gasteiger partial charge in [-0.25, -0.2) is 13.8 Å². The van der Waals surface area contributed by atoms with Crippen LogP contribution < -0.4 is 10.5 Å². The number of carbonyl (C=O) groups is 1. The van der Waals surface area contributed by atoms with Crippen LogP contribution >= 0.6 is 0 Å². The highest BCUT2D eigenvalue weighted by atomic mass is 19.2. The molecule has 1 aliphatic rings. The Balaban J connectivity index is 1.61. The maximum Gasteiger partial charge on any atom is 0.255 e. The SMILES string of the molecule is Cc1nc(N2CCOCC2)[nH]c(=O)c1CCC(=O)N(C)Cc1ccc(F)c(F)c1.